The van der Waals surface area contributed by atoms with Crippen LogP contribution in [0.5, 0.6) is 0 Å². The molecule has 5 aromatic rings. The van der Waals surface area contributed by atoms with Gasteiger partial charge in [-0.3, -0.25) is 18.9 Å². The molecule has 199 valence electrons. The molecule has 0 atom stereocenters. The van der Waals surface area contributed by atoms with Crippen molar-refractivity contribution in [3.63, 3.8) is 0 Å². The van der Waals surface area contributed by atoms with Crippen molar-refractivity contribution >= 4 is 29.6 Å². The van der Waals surface area contributed by atoms with E-state index in [1.807, 2.05) is 67.6 Å². The summed E-state index contributed by atoms with van der Waals surface area (Å²) in [5, 5.41) is 3.85. The molecule has 0 fully saturated rings. The third kappa shape index (κ3) is 6.12. The second-order valence-corrected chi connectivity index (χ2v) is 9.96. The maximum atomic E-state index is 13.9. The molecule has 1 radical (unpaired) electrons. The fourth-order valence-corrected chi connectivity index (χ4v) is 4.91. The Hall–Kier alpha value is -3.52. The van der Waals surface area contributed by atoms with E-state index in [9.17, 15) is 9.59 Å². The van der Waals surface area contributed by atoms with Crippen LogP contribution in [0.25, 0.3) is 28.2 Å². The van der Waals surface area contributed by atoms with E-state index in [0.29, 0.717) is 18.1 Å². The summed E-state index contributed by atoms with van der Waals surface area (Å²) in [6.07, 6.45) is 3.28. The van der Waals surface area contributed by atoms with Gasteiger partial charge in [0.25, 0.3) is 5.56 Å². The molecule has 1 N–H and O–H groups in total. The zero-order chi connectivity index (χ0) is 27.5. The molecule has 0 aliphatic carbocycles. The quantitative estimate of drug-likeness (QED) is 0.253. The number of aromatic nitrogens is 4. The average Bonchev–Trinajstić information content (AvgIpc) is 3.37. The first-order valence-corrected chi connectivity index (χ1v) is 13.3. The van der Waals surface area contributed by atoms with Crippen LogP contribution in [0.4, 0.5) is 0 Å². The van der Waals surface area contributed by atoms with Crippen LogP contribution in [-0.4, -0.2) is 49.2 Å². The summed E-state index contributed by atoms with van der Waals surface area (Å²) in [4.78, 5) is 33.0. The van der Waals surface area contributed by atoms with Crippen molar-refractivity contribution in [2.75, 3.05) is 0 Å². The topological polar surface area (TPSA) is 93.8 Å². The Balaban J connectivity index is 0.00000370. The number of aryl methyl sites for hydroxylation is 4. The third-order valence-electron chi connectivity index (χ3n) is 7.21. The molecule has 0 unspecified atom stereocenters. The maximum Gasteiger partial charge on any atom is 0.439 e. The first kappa shape index (κ1) is 29.5. The molecule has 3 aromatic carbocycles. The number of benzene rings is 3. The van der Waals surface area contributed by atoms with Crippen LogP contribution in [0.3, 0.4) is 0 Å². The number of hydrogen-bond donors (Lipinski definition) is 1. The third-order valence-corrected chi connectivity index (χ3v) is 7.21. The number of H-pyrrole nitrogens is 1. The zero-order valence-electron chi connectivity index (χ0n) is 23.7. The van der Waals surface area contributed by atoms with Crippen molar-refractivity contribution in [1.29, 1.82) is 0 Å². The van der Waals surface area contributed by atoms with E-state index in [1.165, 1.54) is 5.56 Å². The van der Waals surface area contributed by atoms with Gasteiger partial charge in [-0.2, -0.15) is 0 Å². The van der Waals surface area contributed by atoms with Crippen LogP contribution >= 0.6 is 0 Å². The van der Waals surface area contributed by atoms with Gasteiger partial charge in [0.05, 0.1) is 11.4 Å². The van der Waals surface area contributed by atoms with Crippen LogP contribution in [0, 0.1) is 20.8 Å². The molecule has 0 spiro atoms. The number of nitrogens with one attached hydrogen (secondary N) is 1. The molecule has 0 saturated carbocycles. The Labute approximate surface area is 255 Å². The first-order valence-electron chi connectivity index (χ1n) is 13.3. The van der Waals surface area contributed by atoms with E-state index in [-0.39, 0.29) is 35.1 Å². The molecule has 0 amide bonds. The van der Waals surface area contributed by atoms with Gasteiger partial charge in [0, 0.05) is 47.1 Å². The minimum Gasteiger partial charge on any atom is -0.296 e. The van der Waals surface area contributed by atoms with Crippen LogP contribution in [-0.2, 0) is 12.8 Å². The van der Waals surface area contributed by atoms with Gasteiger partial charge in [0.15, 0.2) is 5.82 Å². The van der Waals surface area contributed by atoms with Crippen LogP contribution in [0.1, 0.15) is 53.5 Å². The van der Waals surface area contributed by atoms with E-state index in [2.05, 4.69) is 37.0 Å². The molecule has 0 bridgehead atoms. The Morgan fingerprint density at radius 1 is 0.900 bits per heavy atom. The van der Waals surface area contributed by atoms with Crippen molar-refractivity contribution in [2.45, 2.75) is 53.4 Å². The van der Waals surface area contributed by atoms with Crippen molar-refractivity contribution in [1.82, 2.24) is 19.7 Å². The van der Waals surface area contributed by atoms with Gasteiger partial charge in [-0.1, -0.05) is 73.1 Å². The smallest absolute Gasteiger partial charge is 0.296 e. The molecule has 40 heavy (non-hydrogen) atoms. The van der Waals surface area contributed by atoms with E-state index in [0.717, 1.165) is 64.0 Å². The molecular weight excluding hydrogens is 511 g/mol. The number of rotatable bonds is 8. The molecule has 5 rings (SSSR count). The van der Waals surface area contributed by atoms with Gasteiger partial charge in [-0.05, 0) is 73.6 Å². The van der Waals surface area contributed by atoms with Gasteiger partial charge in [-0.25, -0.2) is 9.78 Å². The summed E-state index contributed by atoms with van der Waals surface area (Å²) in [5.41, 5.74) is 8.47. The number of nitrogens with zero attached hydrogens (tertiary/aromatic N) is 3. The summed E-state index contributed by atoms with van der Waals surface area (Å²) in [7, 11) is 0. The van der Waals surface area contributed by atoms with Gasteiger partial charge in [-0.15, -0.1) is 0 Å². The number of aromatic amines is 1. The monoisotopic (exact) mass is 543 g/mol. The minimum atomic E-state index is -0.591. The SMILES string of the molecule is CCCCc1nc(C)n(-c2ccc(C)c(C)c2)c(=O)c1Cc1ccc(-c2ccccc2-c2noc(=O)[nH]2)cc1.[Na]. The zero-order valence-corrected chi connectivity index (χ0v) is 25.7. The second-order valence-electron chi connectivity index (χ2n) is 9.96. The summed E-state index contributed by atoms with van der Waals surface area (Å²) >= 11 is 0. The van der Waals surface area contributed by atoms with Crippen molar-refractivity contribution in [3.05, 3.63) is 121 Å². The van der Waals surface area contributed by atoms with Crippen molar-refractivity contribution in [3.8, 4) is 28.2 Å². The molecular formula is C32H32N4NaO3. The Morgan fingerprint density at radius 3 is 2.27 bits per heavy atom. The Morgan fingerprint density at radius 2 is 1.62 bits per heavy atom. The second kappa shape index (κ2) is 12.8. The first-order chi connectivity index (χ1) is 18.9. The van der Waals surface area contributed by atoms with Crippen molar-refractivity contribution < 1.29 is 4.52 Å². The molecule has 0 saturated heterocycles. The van der Waals surface area contributed by atoms with E-state index in [1.54, 1.807) is 4.57 Å². The summed E-state index contributed by atoms with van der Waals surface area (Å²) in [5.74, 6) is 0.501. The normalized spacial score (nSPS) is 10.9. The summed E-state index contributed by atoms with van der Waals surface area (Å²) in [6, 6.07) is 21.9. The number of hydrogen-bond acceptors (Lipinski definition) is 5. The molecule has 7 nitrogen and oxygen atoms in total. The van der Waals surface area contributed by atoms with Crippen LogP contribution < -0.4 is 11.3 Å². The Bertz CT molecular complexity index is 1750. The summed E-state index contributed by atoms with van der Waals surface area (Å²) in [6.45, 7) is 8.18. The average molecular weight is 544 g/mol. The van der Waals surface area contributed by atoms with Gasteiger partial charge < -0.3 is 0 Å². The summed E-state index contributed by atoms with van der Waals surface area (Å²) < 4.78 is 6.45. The fraction of sp³-hybridized carbons (Fsp3) is 0.250. The molecule has 2 aromatic heterocycles. The minimum absolute atomic E-state index is 0. The van der Waals surface area contributed by atoms with Crippen LogP contribution in [0.2, 0.25) is 0 Å². The molecule has 2 heterocycles. The largest absolute Gasteiger partial charge is 0.439 e. The van der Waals surface area contributed by atoms with E-state index in [4.69, 9.17) is 9.51 Å². The van der Waals surface area contributed by atoms with Gasteiger partial charge in [0.1, 0.15) is 5.82 Å². The maximum absolute atomic E-state index is 13.9. The molecule has 8 heteroatoms. The van der Waals surface area contributed by atoms with Crippen molar-refractivity contribution in [2.24, 2.45) is 0 Å². The van der Waals surface area contributed by atoms with Gasteiger partial charge >= 0.3 is 5.76 Å². The van der Waals surface area contributed by atoms with E-state index < -0.39 is 5.76 Å². The van der Waals surface area contributed by atoms with E-state index >= 15 is 0 Å². The van der Waals surface area contributed by atoms with Gasteiger partial charge in [0.2, 0.25) is 0 Å². The predicted molar refractivity (Wildman–Crippen MR) is 159 cm³/mol. The predicted octanol–water partition coefficient (Wildman–Crippen LogP) is 5.72. The fourth-order valence-electron chi connectivity index (χ4n) is 4.91. The molecule has 0 aliphatic heterocycles. The molecule has 0 aliphatic rings. The number of unbranched alkanes of at least 4 members (excludes halogenated alkanes) is 1. The van der Waals surface area contributed by atoms with Crippen LogP contribution in [0.15, 0.2) is 80.8 Å². The standard InChI is InChI=1S/C32H32N4O3.Na/c1-5-6-11-29-28(31(37)36(22(4)33-29)25-17-12-20(2)21(3)18-25)19-23-13-15-24(16-14-23)26-9-7-8-10-27(26)30-34-32(38)39-35-30;/h7-10,12-18H,5-6,11,19H2,1-4H3,(H,34,35,38);. The Kier molecular flexibility index (Phi) is 9.40.